The number of carbonyl (C=O) groups excluding carboxylic acids is 2. The van der Waals surface area contributed by atoms with Crippen molar-refractivity contribution in [3.8, 4) is 0 Å². The maximum Gasteiger partial charge on any atom is 0.216 e. The Labute approximate surface area is 110 Å². The van der Waals surface area contributed by atoms with Crippen LogP contribution in [0.3, 0.4) is 0 Å². The maximum atomic E-state index is 10.7. The minimum atomic E-state index is -0.989. The van der Waals surface area contributed by atoms with Gasteiger partial charge in [0, 0.05) is 19.4 Å². The van der Waals surface area contributed by atoms with Gasteiger partial charge in [-0.1, -0.05) is 45.4 Å². The number of aliphatic carboxylic acids is 1. The molecule has 0 aromatic heterocycles. The van der Waals surface area contributed by atoms with E-state index in [0.29, 0.717) is 6.54 Å². The zero-order valence-corrected chi connectivity index (χ0v) is 11.7. The molecule has 0 aliphatic carbocycles. The largest absolute Gasteiger partial charge is 0.550 e. The van der Waals surface area contributed by atoms with Gasteiger partial charge in [-0.3, -0.25) is 4.79 Å². The van der Waals surface area contributed by atoms with Crippen molar-refractivity contribution in [1.82, 2.24) is 5.32 Å². The van der Waals surface area contributed by atoms with Gasteiger partial charge in [0.2, 0.25) is 5.91 Å². The van der Waals surface area contributed by atoms with Crippen molar-refractivity contribution in [1.29, 1.82) is 0 Å². The molecule has 0 saturated heterocycles. The first kappa shape index (κ1) is 16.9. The van der Waals surface area contributed by atoms with E-state index in [2.05, 4.69) is 12.2 Å². The first-order valence-corrected chi connectivity index (χ1v) is 7.00. The minimum Gasteiger partial charge on any atom is -0.550 e. The monoisotopic (exact) mass is 256 g/mol. The highest BCUT2D eigenvalue weighted by Crippen LogP contribution is 2.17. The lowest BCUT2D eigenvalue weighted by atomic mass is 9.94. The summed E-state index contributed by atoms with van der Waals surface area (Å²) in [5.74, 6) is -0.926. The van der Waals surface area contributed by atoms with Crippen LogP contribution in [0.1, 0.15) is 65.2 Å². The van der Waals surface area contributed by atoms with Crippen molar-refractivity contribution < 1.29 is 14.7 Å². The molecule has 0 aromatic carbocycles. The van der Waals surface area contributed by atoms with Crippen LogP contribution in [0.15, 0.2) is 0 Å². The number of nitrogens with one attached hydrogen (secondary N) is 1. The number of hydrogen-bond acceptors (Lipinski definition) is 3. The fraction of sp³-hybridized carbons (Fsp3) is 0.857. The van der Waals surface area contributed by atoms with Gasteiger partial charge in [-0.05, 0) is 18.8 Å². The third kappa shape index (κ3) is 11.4. The predicted octanol–water partition coefficient (Wildman–Crippen LogP) is 1.63. The van der Waals surface area contributed by atoms with Gasteiger partial charge in [0.05, 0.1) is 0 Å². The molecule has 1 atom stereocenters. The van der Waals surface area contributed by atoms with E-state index in [1.807, 2.05) is 0 Å². The van der Waals surface area contributed by atoms with E-state index in [1.165, 1.54) is 26.2 Å². The van der Waals surface area contributed by atoms with Crippen LogP contribution >= 0.6 is 0 Å². The summed E-state index contributed by atoms with van der Waals surface area (Å²) in [4.78, 5) is 21.4. The van der Waals surface area contributed by atoms with Crippen molar-refractivity contribution in [2.24, 2.45) is 5.92 Å². The quantitative estimate of drug-likeness (QED) is 0.571. The predicted molar refractivity (Wildman–Crippen MR) is 69.8 cm³/mol. The van der Waals surface area contributed by atoms with Gasteiger partial charge < -0.3 is 15.2 Å². The summed E-state index contributed by atoms with van der Waals surface area (Å²) in [5, 5.41) is 13.4. The van der Waals surface area contributed by atoms with E-state index >= 15 is 0 Å². The van der Waals surface area contributed by atoms with E-state index in [1.54, 1.807) is 0 Å². The second kappa shape index (κ2) is 11.1. The van der Waals surface area contributed by atoms with Crippen LogP contribution in [0.2, 0.25) is 0 Å². The van der Waals surface area contributed by atoms with Crippen LogP contribution in [0, 0.1) is 5.92 Å². The van der Waals surface area contributed by atoms with Gasteiger partial charge in [0.25, 0.3) is 0 Å². The van der Waals surface area contributed by atoms with Crippen molar-refractivity contribution in [3.63, 3.8) is 0 Å². The highest BCUT2D eigenvalue weighted by atomic mass is 16.4. The fourth-order valence-corrected chi connectivity index (χ4v) is 2.07. The molecule has 18 heavy (non-hydrogen) atoms. The van der Waals surface area contributed by atoms with Crippen molar-refractivity contribution in [2.75, 3.05) is 6.54 Å². The summed E-state index contributed by atoms with van der Waals surface area (Å²) in [5.41, 5.74) is 0. The number of carboxylic acid groups (broad SMARTS) is 1. The number of carbonyl (C=O) groups is 2. The van der Waals surface area contributed by atoms with Gasteiger partial charge in [-0.15, -0.1) is 0 Å². The first-order valence-electron chi connectivity index (χ1n) is 7.00. The number of unbranched alkanes of at least 4 members (excludes halogenated alkanes) is 4. The Morgan fingerprint density at radius 2 is 1.78 bits per heavy atom. The highest BCUT2D eigenvalue weighted by Gasteiger charge is 2.09. The molecular formula is C14H26NO3-. The van der Waals surface area contributed by atoms with E-state index in [9.17, 15) is 14.7 Å². The second-order valence-corrected chi connectivity index (χ2v) is 4.92. The first-order chi connectivity index (χ1) is 8.56. The van der Waals surface area contributed by atoms with Crippen LogP contribution in [0.4, 0.5) is 0 Å². The maximum absolute atomic E-state index is 10.7. The second-order valence-electron chi connectivity index (χ2n) is 4.92. The Hall–Kier alpha value is -1.06. The van der Waals surface area contributed by atoms with E-state index < -0.39 is 5.97 Å². The normalized spacial score (nSPS) is 12.1. The molecule has 0 aliphatic rings. The summed E-state index contributed by atoms with van der Waals surface area (Å²) in [6.07, 6.45) is 7.66. The molecule has 1 N–H and O–H groups in total. The average Bonchev–Trinajstić information content (AvgIpc) is 2.27. The van der Waals surface area contributed by atoms with Gasteiger partial charge in [0.1, 0.15) is 0 Å². The molecule has 106 valence electrons. The lowest BCUT2D eigenvalue weighted by molar-refractivity contribution is -0.306. The van der Waals surface area contributed by atoms with Gasteiger partial charge in [-0.2, -0.15) is 0 Å². The molecule has 0 radical (unpaired) electrons. The number of hydrogen-bond donors (Lipinski definition) is 1. The van der Waals surface area contributed by atoms with Crippen LogP contribution in [-0.2, 0) is 9.59 Å². The Morgan fingerprint density at radius 1 is 1.11 bits per heavy atom. The third-order valence-corrected chi connectivity index (χ3v) is 3.10. The molecule has 0 saturated carbocycles. The Kier molecular flexibility index (Phi) is 10.4. The van der Waals surface area contributed by atoms with E-state index in [-0.39, 0.29) is 18.2 Å². The molecule has 4 heteroatoms. The lowest BCUT2D eigenvalue weighted by Gasteiger charge is -2.17. The molecule has 0 rings (SSSR count). The van der Waals surface area contributed by atoms with Crippen molar-refractivity contribution >= 4 is 11.9 Å². The van der Waals surface area contributed by atoms with Crippen LogP contribution < -0.4 is 10.4 Å². The molecule has 0 bridgehead atoms. The molecular weight excluding hydrogens is 230 g/mol. The summed E-state index contributed by atoms with van der Waals surface area (Å²) in [6, 6.07) is 0. The third-order valence-electron chi connectivity index (χ3n) is 3.10. The molecule has 0 aliphatic heterocycles. The summed E-state index contributed by atoms with van der Waals surface area (Å²) >= 11 is 0. The fourth-order valence-electron chi connectivity index (χ4n) is 2.07. The van der Waals surface area contributed by atoms with Crippen LogP contribution in [0.5, 0.6) is 0 Å². The van der Waals surface area contributed by atoms with Gasteiger partial charge >= 0.3 is 0 Å². The summed E-state index contributed by atoms with van der Waals surface area (Å²) < 4.78 is 0. The van der Waals surface area contributed by atoms with E-state index in [4.69, 9.17) is 0 Å². The van der Waals surface area contributed by atoms with Crippen LogP contribution in [-0.4, -0.2) is 18.4 Å². The molecule has 4 nitrogen and oxygen atoms in total. The van der Waals surface area contributed by atoms with Crippen LogP contribution in [0.25, 0.3) is 0 Å². The average molecular weight is 256 g/mol. The Balaban J connectivity index is 3.76. The van der Waals surface area contributed by atoms with Crippen molar-refractivity contribution in [2.45, 2.75) is 65.2 Å². The highest BCUT2D eigenvalue weighted by molar-refractivity contribution is 5.72. The van der Waals surface area contributed by atoms with Crippen molar-refractivity contribution in [3.05, 3.63) is 0 Å². The summed E-state index contributed by atoms with van der Waals surface area (Å²) in [7, 11) is 0. The summed E-state index contributed by atoms with van der Waals surface area (Å²) in [6.45, 7) is 4.20. The number of carboxylic acids is 1. The zero-order chi connectivity index (χ0) is 13.8. The zero-order valence-electron chi connectivity index (χ0n) is 11.7. The number of amides is 1. The lowest BCUT2D eigenvalue weighted by Crippen LogP contribution is -2.28. The SMILES string of the molecule is CCCCCCCC(CCNC(C)=O)CC(=O)[O-]. The standard InChI is InChI=1S/C14H27NO3/c1-3-4-5-6-7-8-13(11-14(17)18)9-10-15-12(2)16/h13H,3-11H2,1-2H3,(H,15,16)(H,17,18)/p-1. The van der Waals surface area contributed by atoms with E-state index in [0.717, 1.165) is 25.7 Å². The molecule has 0 heterocycles. The Bertz CT molecular complexity index is 241. The number of rotatable bonds is 11. The molecule has 0 fully saturated rings. The minimum absolute atomic E-state index is 0.0647. The van der Waals surface area contributed by atoms with Gasteiger partial charge in [0.15, 0.2) is 0 Å². The molecule has 1 amide bonds. The van der Waals surface area contributed by atoms with Gasteiger partial charge in [-0.25, -0.2) is 0 Å². The molecule has 1 unspecified atom stereocenters. The topological polar surface area (TPSA) is 69.2 Å². The smallest absolute Gasteiger partial charge is 0.216 e. The molecule has 0 aromatic rings. The molecule has 0 spiro atoms. The Morgan fingerprint density at radius 3 is 2.33 bits per heavy atom.